The van der Waals surface area contributed by atoms with Gasteiger partial charge in [-0.2, -0.15) is 0 Å². The molecule has 13 heavy (non-hydrogen) atoms. The van der Waals surface area contributed by atoms with Crippen molar-refractivity contribution in [3.05, 3.63) is 35.4 Å². The Morgan fingerprint density at radius 1 is 1.54 bits per heavy atom. The molecule has 0 bridgehead atoms. The fraction of sp³-hybridized carbons (Fsp3) is 0.364. The summed E-state index contributed by atoms with van der Waals surface area (Å²) in [6.07, 6.45) is 0. The normalized spacial score (nSPS) is 12.5. The van der Waals surface area contributed by atoms with E-state index in [1.54, 1.807) is 6.92 Å². The number of nitrogens with two attached hydrogens (primary N) is 1. The van der Waals surface area contributed by atoms with Crippen molar-refractivity contribution >= 4 is 5.78 Å². The molecule has 1 aromatic carbocycles. The minimum atomic E-state index is 0.103. The Labute approximate surface area is 78.8 Å². The monoisotopic (exact) mass is 177 g/mol. The van der Waals surface area contributed by atoms with Crippen LogP contribution >= 0.6 is 0 Å². The summed E-state index contributed by atoms with van der Waals surface area (Å²) in [6.45, 7) is 4.24. The van der Waals surface area contributed by atoms with Gasteiger partial charge in [-0.25, -0.2) is 0 Å². The van der Waals surface area contributed by atoms with Crippen LogP contribution in [0.5, 0.6) is 0 Å². The van der Waals surface area contributed by atoms with Gasteiger partial charge in [-0.05, 0) is 31.0 Å². The van der Waals surface area contributed by atoms with Gasteiger partial charge in [0.1, 0.15) is 0 Å². The predicted octanol–water partition coefficient (Wildman–Crippen LogP) is 1.95. The van der Waals surface area contributed by atoms with Gasteiger partial charge in [0.25, 0.3) is 0 Å². The van der Waals surface area contributed by atoms with Gasteiger partial charge in [0, 0.05) is 5.56 Å². The molecule has 0 spiro atoms. The van der Waals surface area contributed by atoms with Crippen LogP contribution in [0.1, 0.15) is 35.7 Å². The minimum Gasteiger partial charge on any atom is -0.330 e. The Kier molecular flexibility index (Phi) is 3.20. The van der Waals surface area contributed by atoms with Crippen LogP contribution in [0.3, 0.4) is 0 Å². The van der Waals surface area contributed by atoms with E-state index in [2.05, 4.69) is 6.92 Å². The lowest BCUT2D eigenvalue weighted by molar-refractivity contribution is 0.101. The predicted molar refractivity (Wildman–Crippen MR) is 53.9 cm³/mol. The molecule has 1 rings (SSSR count). The molecule has 0 amide bonds. The molecule has 0 aliphatic heterocycles. The average molecular weight is 177 g/mol. The van der Waals surface area contributed by atoms with E-state index < -0.39 is 0 Å². The Hall–Kier alpha value is -1.15. The molecular formula is C11H15NO. The van der Waals surface area contributed by atoms with Crippen LogP contribution in [0.4, 0.5) is 0 Å². The van der Waals surface area contributed by atoms with E-state index in [-0.39, 0.29) is 5.78 Å². The van der Waals surface area contributed by atoms with Crippen molar-refractivity contribution in [3.63, 3.8) is 0 Å². The van der Waals surface area contributed by atoms with E-state index in [0.717, 1.165) is 11.1 Å². The van der Waals surface area contributed by atoms with E-state index in [1.807, 2.05) is 24.3 Å². The third-order valence-corrected chi connectivity index (χ3v) is 2.22. The van der Waals surface area contributed by atoms with Gasteiger partial charge >= 0.3 is 0 Å². The fourth-order valence-electron chi connectivity index (χ4n) is 1.20. The van der Waals surface area contributed by atoms with Crippen molar-refractivity contribution in [2.75, 3.05) is 6.54 Å². The third-order valence-electron chi connectivity index (χ3n) is 2.22. The van der Waals surface area contributed by atoms with E-state index in [1.165, 1.54) is 0 Å². The van der Waals surface area contributed by atoms with E-state index >= 15 is 0 Å². The van der Waals surface area contributed by atoms with Crippen molar-refractivity contribution in [2.45, 2.75) is 19.8 Å². The highest BCUT2D eigenvalue weighted by Gasteiger charge is 2.05. The van der Waals surface area contributed by atoms with Crippen molar-refractivity contribution in [2.24, 2.45) is 5.73 Å². The second kappa shape index (κ2) is 4.19. The number of hydrogen-bond donors (Lipinski definition) is 1. The first-order chi connectivity index (χ1) is 6.15. The molecule has 1 atom stereocenters. The molecule has 2 heteroatoms. The molecule has 70 valence electrons. The molecule has 2 N–H and O–H groups in total. The SMILES string of the molecule is CC(=O)c1cccc(C(C)CN)c1. The zero-order chi connectivity index (χ0) is 9.84. The minimum absolute atomic E-state index is 0.103. The number of hydrogen-bond acceptors (Lipinski definition) is 2. The largest absolute Gasteiger partial charge is 0.330 e. The van der Waals surface area contributed by atoms with Gasteiger partial charge in [-0.1, -0.05) is 25.1 Å². The number of Topliss-reactive ketones (excluding diaryl/α,β-unsaturated/α-hetero) is 1. The van der Waals surface area contributed by atoms with E-state index in [4.69, 9.17) is 5.73 Å². The van der Waals surface area contributed by atoms with Crippen LogP contribution < -0.4 is 5.73 Å². The molecule has 0 heterocycles. The number of ketones is 1. The quantitative estimate of drug-likeness (QED) is 0.717. The summed E-state index contributed by atoms with van der Waals surface area (Å²) in [5.74, 6) is 0.422. The van der Waals surface area contributed by atoms with E-state index in [9.17, 15) is 4.79 Å². The number of rotatable bonds is 3. The van der Waals surface area contributed by atoms with Crippen molar-refractivity contribution in [3.8, 4) is 0 Å². The first kappa shape index (κ1) is 9.93. The lowest BCUT2D eigenvalue weighted by Crippen LogP contribution is -2.09. The topological polar surface area (TPSA) is 43.1 Å². The summed E-state index contributed by atoms with van der Waals surface area (Å²) in [7, 11) is 0. The summed E-state index contributed by atoms with van der Waals surface area (Å²) < 4.78 is 0. The van der Waals surface area contributed by atoms with E-state index in [0.29, 0.717) is 12.5 Å². The van der Waals surface area contributed by atoms with Gasteiger partial charge in [0.15, 0.2) is 5.78 Å². The Morgan fingerprint density at radius 2 is 2.23 bits per heavy atom. The zero-order valence-corrected chi connectivity index (χ0v) is 8.08. The third kappa shape index (κ3) is 2.39. The van der Waals surface area contributed by atoms with Crippen LogP contribution in [0.2, 0.25) is 0 Å². The number of carbonyl (C=O) groups is 1. The molecule has 2 nitrogen and oxygen atoms in total. The van der Waals surface area contributed by atoms with Crippen LogP contribution in [-0.4, -0.2) is 12.3 Å². The van der Waals surface area contributed by atoms with Gasteiger partial charge in [-0.15, -0.1) is 0 Å². The van der Waals surface area contributed by atoms with Crippen LogP contribution in [0.15, 0.2) is 24.3 Å². The summed E-state index contributed by atoms with van der Waals surface area (Å²) in [5.41, 5.74) is 7.44. The van der Waals surface area contributed by atoms with Gasteiger partial charge in [0.2, 0.25) is 0 Å². The van der Waals surface area contributed by atoms with Gasteiger partial charge in [0.05, 0.1) is 0 Å². The maximum atomic E-state index is 11.1. The molecule has 0 aliphatic rings. The Bertz CT molecular complexity index is 307. The molecule has 0 saturated carbocycles. The van der Waals surface area contributed by atoms with Crippen molar-refractivity contribution < 1.29 is 4.79 Å². The second-order valence-electron chi connectivity index (χ2n) is 3.32. The van der Waals surface area contributed by atoms with Gasteiger partial charge in [-0.3, -0.25) is 4.79 Å². The molecular weight excluding hydrogens is 162 g/mol. The first-order valence-corrected chi connectivity index (χ1v) is 4.46. The molecule has 0 radical (unpaired) electrons. The lowest BCUT2D eigenvalue weighted by Gasteiger charge is -2.09. The highest BCUT2D eigenvalue weighted by atomic mass is 16.1. The number of benzene rings is 1. The first-order valence-electron chi connectivity index (χ1n) is 4.46. The molecule has 0 aliphatic carbocycles. The van der Waals surface area contributed by atoms with Crippen LogP contribution in [0.25, 0.3) is 0 Å². The fourth-order valence-corrected chi connectivity index (χ4v) is 1.20. The average Bonchev–Trinajstić information content (AvgIpc) is 2.17. The lowest BCUT2D eigenvalue weighted by atomic mass is 9.98. The maximum Gasteiger partial charge on any atom is 0.159 e. The Balaban J connectivity index is 2.98. The van der Waals surface area contributed by atoms with Crippen LogP contribution in [-0.2, 0) is 0 Å². The highest BCUT2D eigenvalue weighted by molar-refractivity contribution is 5.94. The molecule has 0 saturated heterocycles. The summed E-state index contributed by atoms with van der Waals surface area (Å²) >= 11 is 0. The zero-order valence-electron chi connectivity index (χ0n) is 8.08. The molecule has 0 aromatic heterocycles. The van der Waals surface area contributed by atoms with Crippen LogP contribution in [0, 0.1) is 0 Å². The Morgan fingerprint density at radius 3 is 2.77 bits per heavy atom. The molecule has 1 aromatic rings. The second-order valence-corrected chi connectivity index (χ2v) is 3.32. The van der Waals surface area contributed by atoms with Crippen molar-refractivity contribution in [1.29, 1.82) is 0 Å². The summed E-state index contributed by atoms with van der Waals surface area (Å²) in [5, 5.41) is 0. The standard InChI is InChI=1S/C11H15NO/c1-8(7-12)10-4-3-5-11(6-10)9(2)13/h3-6,8H,7,12H2,1-2H3. The number of carbonyl (C=O) groups excluding carboxylic acids is 1. The molecule has 0 fully saturated rings. The summed E-state index contributed by atoms with van der Waals surface area (Å²) in [4.78, 5) is 11.1. The summed E-state index contributed by atoms with van der Waals surface area (Å²) in [6, 6.07) is 7.65. The smallest absolute Gasteiger partial charge is 0.159 e. The highest BCUT2D eigenvalue weighted by Crippen LogP contribution is 2.15. The maximum absolute atomic E-state index is 11.1. The van der Waals surface area contributed by atoms with Gasteiger partial charge < -0.3 is 5.73 Å². The molecule has 1 unspecified atom stereocenters. The van der Waals surface area contributed by atoms with Crippen molar-refractivity contribution in [1.82, 2.24) is 0 Å².